The molecule has 1 saturated carbocycles. The molecule has 1 aliphatic carbocycles. The van der Waals surface area contributed by atoms with Gasteiger partial charge < -0.3 is 10.2 Å². The maximum Gasteiger partial charge on any atom is 0.238 e. The molecule has 0 aromatic heterocycles. The third kappa shape index (κ3) is 5.45. The molecule has 1 aliphatic heterocycles. The molecule has 1 heterocycles. The minimum absolute atomic E-state index is 0.0634. The van der Waals surface area contributed by atoms with Crippen LogP contribution in [0, 0.1) is 11.8 Å². The van der Waals surface area contributed by atoms with E-state index in [4.69, 9.17) is 5.14 Å². The number of hydrogen-bond donors (Lipinski definition) is 2. The molecule has 7 nitrogen and oxygen atoms in total. The van der Waals surface area contributed by atoms with Crippen molar-refractivity contribution in [3.8, 4) is 11.1 Å². The molecule has 0 radical (unpaired) electrons. The summed E-state index contributed by atoms with van der Waals surface area (Å²) in [4.78, 5) is 27.9. The summed E-state index contributed by atoms with van der Waals surface area (Å²) in [6.45, 7) is 1.98. The second-order valence-corrected chi connectivity index (χ2v) is 10.5. The number of hydrogen-bond acceptors (Lipinski definition) is 4. The van der Waals surface area contributed by atoms with E-state index in [1.54, 1.807) is 18.2 Å². The third-order valence-corrected chi connectivity index (χ3v) is 7.73. The van der Waals surface area contributed by atoms with Gasteiger partial charge in [0.1, 0.15) is 0 Å². The Morgan fingerprint density at radius 2 is 1.58 bits per heavy atom. The summed E-state index contributed by atoms with van der Waals surface area (Å²) >= 11 is 0. The molecule has 2 aliphatic rings. The summed E-state index contributed by atoms with van der Waals surface area (Å²) in [6.07, 6.45) is 5.70. The summed E-state index contributed by atoms with van der Waals surface area (Å²) in [5.74, 6) is -0.391. The Bertz CT molecular complexity index is 1110. The Morgan fingerprint density at radius 3 is 2.27 bits per heavy atom. The van der Waals surface area contributed by atoms with E-state index in [0.717, 1.165) is 56.3 Å². The zero-order valence-corrected chi connectivity index (χ0v) is 19.5. The highest BCUT2D eigenvalue weighted by Crippen LogP contribution is 2.34. The molecule has 2 aromatic carbocycles. The molecule has 1 saturated heterocycles. The van der Waals surface area contributed by atoms with Crippen LogP contribution in [-0.2, 0) is 26.2 Å². The van der Waals surface area contributed by atoms with Crippen LogP contribution in [0.2, 0.25) is 0 Å². The average Bonchev–Trinajstić information content (AvgIpc) is 3.32. The van der Waals surface area contributed by atoms with Crippen LogP contribution in [0.5, 0.6) is 0 Å². The van der Waals surface area contributed by atoms with Crippen molar-refractivity contribution in [2.24, 2.45) is 17.0 Å². The summed E-state index contributed by atoms with van der Waals surface area (Å²) in [6, 6.07) is 14.0. The molecular weight excluding hydrogens is 438 g/mol. The van der Waals surface area contributed by atoms with E-state index < -0.39 is 10.0 Å². The minimum atomic E-state index is -3.83. The van der Waals surface area contributed by atoms with Gasteiger partial charge in [-0.2, -0.15) is 0 Å². The fourth-order valence-electron chi connectivity index (χ4n) is 4.99. The van der Waals surface area contributed by atoms with Crippen molar-refractivity contribution in [3.05, 3.63) is 54.1 Å². The maximum atomic E-state index is 13.0. The molecule has 3 N–H and O–H groups in total. The molecule has 2 aromatic rings. The van der Waals surface area contributed by atoms with Crippen LogP contribution in [0.25, 0.3) is 11.1 Å². The number of nitrogens with zero attached hydrogens (tertiary/aromatic N) is 1. The lowest BCUT2D eigenvalue weighted by Crippen LogP contribution is -2.43. The first-order valence-electron chi connectivity index (χ1n) is 11.6. The summed E-state index contributed by atoms with van der Waals surface area (Å²) in [7, 11) is -3.83. The first kappa shape index (κ1) is 23.4. The SMILES string of the molecule is NS(=O)(=O)c1ccccc1-c1ccc(CNC(=O)C2CCCC2C(=O)N2CCCCC2)cc1. The van der Waals surface area contributed by atoms with E-state index in [-0.39, 0.29) is 28.5 Å². The number of sulfonamides is 1. The van der Waals surface area contributed by atoms with Gasteiger partial charge in [-0.3, -0.25) is 9.59 Å². The number of carbonyl (C=O) groups excluding carboxylic acids is 2. The van der Waals surface area contributed by atoms with Crippen LogP contribution >= 0.6 is 0 Å². The molecule has 2 unspecified atom stereocenters. The molecule has 2 fully saturated rings. The van der Waals surface area contributed by atoms with Gasteiger partial charge >= 0.3 is 0 Å². The van der Waals surface area contributed by atoms with Crippen molar-refractivity contribution >= 4 is 21.8 Å². The van der Waals surface area contributed by atoms with Crippen LogP contribution < -0.4 is 10.5 Å². The number of benzene rings is 2. The topological polar surface area (TPSA) is 110 Å². The van der Waals surface area contributed by atoms with E-state index in [9.17, 15) is 18.0 Å². The van der Waals surface area contributed by atoms with Crippen molar-refractivity contribution in [2.75, 3.05) is 13.1 Å². The maximum absolute atomic E-state index is 13.0. The van der Waals surface area contributed by atoms with Crippen LogP contribution in [0.4, 0.5) is 0 Å². The van der Waals surface area contributed by atoms with E-state index >= 15 is 0 Å². The average molecular weight is 470 g/mol. The number of nitrogens with one attached hydrogen (secondary N) is 1. The van der Waals surface area contributed by atoms with Gasteiger partial charge in [-0.25, -0.2) is 13.6 Å². The summed E-state index contributed by atoms with van der Waals surface area (Å²) in [5, 5.41) is 8.34. The number of primary sulfonamides is 1. The largest absolute Gasteiger partial charge is 0.352 e. The monoisotopic (exact) mass is 469 g/mol. The number of piperidine rings is 1. The quantitative estimate of drug-likeness (QED) is 0.678. The van der Waals surface area contributed by atoms with Gasteiger partial charge in [-0.05, 0) is 49.3 Å². The van der Waals surface area contributed by atoms with Crippen LogP contribution in [-0.4, -0.2) is 38.2 Å². The normalized spacial score (nSPS) is 21.1. The minimum Gasteiger partial charge on any atom is -0.352 e. The Labute approximate surface area is 195 Å². The molecule has 0 bridgehead atoms. The van der Waals surface area contributed by atoms with Crippen LogP contribution in [0.1, 0.15) is 44.1 Å². The lowest BCUT2D eigenvalue weighted by molar-refractivity contribution is -0.141. The Balaban J connectivity index is 1.38. The zero-order valence-electron chi connectivity index (χ0n) is 18.7. The van der Waals surface area contributed by atoms with Gasteiger partial charge in [0.25, 0.3) is 0 Å². The van der Waals surface area contributed by atoms with E-state index in [2.05, 4.69) is 5.32 Å². The molecule has 0 spiro atoms. The summed E-state index contributed by atoms with van der Waals surface area (Å²) < 4.78 is 23.8. The highest BCUT2D eigenvalue weighted by Gasteiger charge is 2.39. The predicted octanol–water partition coefficient (Wildman–Crippen LogP) is 3.05. The molecule has 2 atom stereocenters. The highest BCUT2D eigenvalue weighted by atomic mass is 32.2. The van der Waals surface area contributed by atoms with Gasteiger partial charge in [0, 0.05) is 37.0 Å². The van der Waals surface area contributed by atoms with E-state index in [0.29, 0.717) is 12.1 Å². The van der Waals surface area contributed by atoms with Crippen LogP contribution in [0.3, 0.4) is 0 Å². The van der Waals surface area contributed by atoms with Crippen molar-refractivity contribution in [1.82, 2.24) is 10.2 Å². The first-order valence-corrected chi connectivity index (χ1v) is 13.2. The van der Waals surface area contributed by atoms with E-state index in [1.165, 1.54) is 12.5 Å². The molecule has 8 heteroatoms. The van der Waals surface area contributed by atoms with Gasteiger partial charge in [0.15, 0.2) is 0 Å². The fourth-order valence-corrected chi connectivity index (χ4v) is 5.75. The van der Waals surface area contributed by atoms with Crippen molar-refractivity contribution < 1.29 is 18.0 Å². The summed E-state index contributed by atoms with van der Waals surface area (Å²) in [5.41, 5.74) is 2.18. The number of rotatable bonds is 6. The number of likely N-dealkylation sites (tertiary alicyclic amines) is 1. The van der Waals surface area contributed by atoms with Crippen molar-refractivity contribution in [2.45, 2.75) is 50.0 Å². The first-order chi connectivity index (χ1) is 15.8. The fraction of sp³-hybridized carbons (Fsp3) is 0.440. The van der Waals surface area contributed by atoms with Gasteiger partial charge in [0.2, 0.25) is 21.8 Å². The van der Waals surface area contributed by atoms with E-state index in [1.807, 2.05) is 29.2 Å². The Kier molecular flexibility index (Phi) is 7.14. The van der Waals surface area contributed by atoms with Crippen LogP contribution in [0.15, 0.2) is 53.4 Å². The highest BCUT2D eigenvalue weighted by molar-refractivity contribution is 7.89. The third-order valence-electron chi connectivity index (χ3n) is 6.76. The molecule has 33 heavy (non-hydrogen) atoms. The van der Waals surface area contributed by atoms with Gasteiger partial charge in [-0.15, -0.1) is 0 Å². The number of carbonyl (C=O) groups is 2. The smallest absolute Gasteiger partial charge is 0.238 e. The Hall–Kier alpha value is -2.71. The number of nitrogens with two attached hydrogens (primary N) is 1. The second-order valence-electron chi connectivity index (χ2n) is 8.99. The molecule has 2 amide bonds. The Morgan fingerprint density at radius 1 is 0.909 bits per heavy atom. The van der Waals surface area contributed by atoms with Crippen molar-refractivity contribution in [3.63, 3.8) is 0 Å². The molecular formula is C25H31N3O4S. The number of amides is 2. The lowest BCUT2D eigenvalue weighted by Gasteiger charge is -2.31. The standard InChI is InChI=1S/C25H31N3O4S/c26-33(31,32)23-10-3-2-7-20(23)19-13-11-18(12-14-19)17-27-24(29)21-8-6-9-22(21)25(30)28-15-4-1-5-16-28/h2-3,7,10-14,21-22H,1,4-6,8-9,15-17H2,(H,27,29)(H2,26,31,32). The lowest BCUT2D eigenvalue weighted by atomic mass is 9.92. The zero-order chi connectivity index (χ0) is 23.4. The predicted molar refractivity (Wildman–Crippen MR) is 126 cm³/mol. The van der Waals surface area contributed by atoms with Gasteiger partial charge in [0.05, 0.1) is 4.90 Å². The van der Waals surface area contributed by atoms with Gasteiger partial charge in [-0.1, -0.05) is 48.9 Å². The molecule has 4 rings (SSSR count). The van der Waals surface area contributed by atoms with Crippen molar-refractivity contribution in [1.29, 1.82) is 0 Å². The molecule has 176 valence electrons. The second kappa shape index (κ2) is 10.1.